The van der Waals surface area contributed by atoms with Crippen LogP contribution in [0.25, 0.3) is 33.8 Å². The van der Waals surface area contributed by atoms with Crippen molar-refractivity contribution >= 4 is 17.6 Å². The van der Waals surface area contributed by atoms with Crippen LogP contribution in [-0.4, -0.2) is 21.0 Å². The van der Waals surface area contributed by atoms with Crippen LogP contribution in [0.2, 0.25) is 5.02 Å². The molecule has 0 spiro atoms. The van der Waals surface area contributed by atoms with E-state index < -0.39 is 29.2 Å². The summed E-state index contributed by atoms with van der Waals surface area (Å²) < 4.78 is 54.4. The van der Waals surface area contributed by atoms with Gasteiger partial charge in [-0.3, -0.25) is 0 Å². The third-order valence-corrected chi connectivity index (χ3v) is 5.06. The molecule has 1 N–H and O–H groups in total. The number of halogens is 5. The van der Waals surface area contributed by atoms with E-state index >= 15 is 0 Å². The van der Waals surface area contributed by atoms with E-state index in [1.54, 1.807) is 36.4 Å². The second-order valence-electron chi connectivity index (χ2n) is 7.05. The molecule has 33 heavy (non-hydrogen) atoms. The summed E-state index contributed by atoms with van der Waals surface area (Å²) in [5.41, 5.74) is -0.0330. The molecule has 0 saturated heterocycles. The number of carboxylic acids is 1. The highest BCUT2D eigenvalue weighted by Crippen LogP contribution is 2.33. The predicted octanol–water partition coefficient (Wildman–Crippen LogP) is 6.99. The van der Waals surface area contributed by atoms with Gasteiger partial charge in [0.15, 0.2) is 5.82 Å². The Bertz CT molecular complexity index is 1360. The molecule has 0 bridgehead atoms. The lowest BCUT2D eigenvalue weighted by Crippen LogP contribution is -2.10. The minimum absolute atomic E-state index is 0.0596. The molecule has 0 amide bonds. The SMILES string of the molecule is O=C(O)c1cc(-c2cccc(-c3nc(-c4ccc(Cl)cc4)cc(C(F)(F)F)n3)c2)ccc1F. The molecule has 1 heterocycles. The zero-order chi connectivity index (χ0) is 23.8. The highest BCUT2D eigenvalue weighted by molar-refractivity contribution is 6.30. The van der Waals surface area contributed by atoms with Crippen molar-refractivity contribution in [2.75, 3.05) is 0 Å². The Kier molecular flexibility index (Phi) is 5.86. The van der Waals surface area contributed by atoms with Crippen molar-refractivity contribution in [2.24, 2.45) is 0 Å². The summed E-state index contributed by atoms with van der Waals surface area (Å²) in [4.78, 5) is 19.2. The zero-order valence-corrected chi connectivity index (χ0v) is 17.3. The average Bonchev–Trinajstić information content (AvgIpc) is 2.79. The Morgan fingerprint density at radius 2 is 1.45 bits per heavy atom. The molecule has 166 valence electrons. The highest BCUT2D eigenvalue weighted by atomic mass is 35.5. The van der Waals surface area contributed by atoms with Gasteiger partial charge in [0.05, 0.1) is 11.3 Å². The first kappa shape index (κ1) is 22.4. The van der Waals surface area contributed by atoms with E-state index in [-0.39, 0.29) is 17.1 Å². The molecule has 4 rings (SSSR count). The highest BCUT2D eigenvalue weighted by Gasteiger charge is 2.34. The summed E-state index contributed by atoms with van der Waals surface area (Å²) in [5, 5.41) is 9.59. The van der Waals surface area contributed by atoms with Crippen molar-refractivity contribution in [2.45, 2.75) is 6.18 Å². The van der Waals surface area contributed by atoms with Crippen molar-refractivity contribution in [3.05, 3.63) is 94.9 Å². The van der Waals surface area contributed by atoms with Gasteiger partial charge in [0, 0.05) is 16.1 Å². The fourth-order valence-corrected chi connectivity index (χ4v) is 3.32. The van der Waals surface area contributed by atoms with Crippen LogP contribution in [0, 0.1) is 5.82 Å². The van der Waals surface area contributed by atoms with Gasteiger partial charge in [-0.1, -0.05) is 48.0 Å². The number of hydrogen-bond donors (Lipinski definition) is 1. The number of carbonyl (C=O) groups is 1. The first-order valence-corrected chi connectivity index (χ1v) is 9.85. The van der Waals surface area contributed by atoms with Gasteiger partial charge >= 0.3 is 12.1 Å². The minimum atomic E-state index is -4.70. The first-order valence-electron chi connectivity index (χ1n) is 9.48. The average molecular weight is 473 g/mol. The predicted molar refractivity (Wildman–Crippen MR) is 115 cm³/mol. The van der Waals surface area contributed by atoms with Gasteiger partial charge in [0.2, 0.25) is 0 Å². The van der Waals surface area contributed by atoms with Gasteiger partial charge in [0.1, 0.15) is 11.5 Å². The van der Waals surface area contributed by atoms with E-state index in [2.05, 4.69) is 9.97 Å². The smallest absolute Gasteiger partial charge is 0.433 e. The minimum Gasteiger partial charge on any atom is -0.478 e. The van der Waals surface area contributed by atoms with E-state index in [1.807, 2.05) is 0 Å². The molecular formula is C24H13ClF4N2O2. The maximum absolute atomic E-state index is 13.8. The maximum atomic E-state index is 13.8. The van der Waals surface area contributed by atoms with Gasteiger partial charge in [-0.15, -0.1) is 0 Å². The van der Waals surface area contributed by atoms with Gasteiger partial charge in [0.25, 0.3) is 0 Å². The lowest BCUT2D eigenvalue weighted by molar-refractivity contribution is -0.141. The van der Waals surface area contributed by atoms with E-state index in [0.717, 1.165) is 18.2 Å². The quantitative estimate of drug-likeness (QED) is 0.325. The third kappa shape index (κ3) is 4.85. The lowest BCUT2D eigenvalue weighted by Gasteiger charge is -2.12. The Morgan fingerprint density at radius 3 is 2.12 bits per heavy atom. The van der Waals surface area contributed by atoms with Crippen LogP contribution in [0.15, 0.2) is 72.8 Å². The van der Waals surface area contributed by atoms with Gasteiger partial charge in [-0.2, -0.15) is 13.2 Å². The number of hydrogen-bond acceptors (Lipinski definition) is 3. The largest absolute Gasteiger partial charge is 0.478 e. The van der Waals surface area contributed by atoms with Gasteiger partial charge < -0.3 is 5.11 Å². The third-order valence-electron chi connectivity index (χ3n) is 4.81. The Labute approximate surface area is 190 Å². The number of aromatic carboxylic acids is 1. The standard InChI is InChI=1S/C24H13ClF4N2O2/c25-17-7-4-13(5-8-17)20-12-21(24(27,28)29)31-22(30-20)16-3-1-2-14(10-16)15-6-9-19(26)18(11-15)23(32)33/h1-12H,(H,32,33). The Morgan fingerprint density at radius 1 is 0.818 bits per heavy atom. The Balaban J connectivity index is 1.84. The second-order valence-corrected chi connectivity index (χ2v) is 7.48. The summed E-state index contributed by atoms with van der Waals surface area (Å²) in [7, 11) is 0. The van der Waals surface area contributed by atoms with Gasteiger partial charge in [-0.05, 0) is 47.5 Å². The molecular weight excluding hydrogens is 460 g/mol. The topological polar surface area (TPSA) is 63.1 Å². The summed E-state index contributed by atoms with van der Waals surface area (Å²) in [6.45, 7) is 0. The van der Waals surface area contributed by atoms with Crippen LogP contribution in [0.5, 0.6) is 0 Å². The monoisotopic (exact) mass is 472 g/mol. The molecule has 0 aliphatic heterocycles. The zero-order valence-electron chi connectivity index (χ0n) is 16.6. The molecule has 0 radical (unpaired) electrons. The van der Waals surface area contributed by atoms with E-state index in [0.29, 0.717) is 21.7 Å². The number of benzene rings is 3. The van der Waals surface area contributed by atoms with Crippen molar-refractivity contribution in [3.63, 3.8) is 0 Å². The first-order chi connectivity index (χ1) is 15.6. The molecule has 3 aromatic carbocycles. The van der Waals surface area contributed by atoms with Crippen molar-refractivity contribution < 1.29 is 27.5 Å². The number of aromatic nitrogens is 2. The molecule has 1 aromatic heterocycles. The molecule has 0 unspecified atom stereocenters. The van der Waals surface area contributed by atoms with Crippen molar-refractivity contribution in [1.29, 1.82) is 0 Å². The number of rotatable bonds is 4. The van der Waals surface area contributed by atoms with E-state index in [9.17, 15) is 22.4 Å². The van der Waals surface area contributed by atoms with Crippen LogP contribution in [0.4, 0.5) is 17.6 Å². The fourth-order valence-electron chi connectivity index (χ4n) is 3.20. The molecule has 0 aliphatic carbocycles. The molecule has 0 saturated carbocycles. The van der Waals surface area contributed by atoms with Crippen LogP contribution < -0.4 is 0 Å². The molecule has 0 atom stereocenters. The van der Waals surface area contributed by atoms with Crippen molar-refractivity contribution in [3.8, 4) is 33.8 Å². The normalized spacial score (nSPS) is 11.4. The molecule has 0 fully saturated rings. The van der Waals surface area contributed by atoms with Crippen LogP contribution in [0.1, 0.15) is 16.1 Å². The van der Waals surface area contributed by atoms with Crippen LogP contribution >= 0.6 is 11.6 Å². The van der Waals surface area contributed by atoms with Crippen LogP contribution in [0.3, 0.4) is 0 Å². The number of carboxylic acid groups (broad SMARTS) is 1. The lowest BCUT2D eigenvalue weighted by atomic mass is 10.0. The number of nitrogens with zero attached hydrogens (tertiary/aromatic N) is 2. The summed E-state index contributed by atoms with van der Waals surface area (Å²) in [6, 6.07) is 16.8. The summed E-state index contributed by atoms with van der Waals surface area (Å²) >= 11 is 5.87. The van der Waals surface area contributed by atoms with E-state index in [4.69, 9.17) is 16.7 Å². The number of alkyl halides is 3. The molecule has 4 nitrogen and oxygen atoms in total. The molecule has 0 aliphatic rings. The van der Waals surface area contributed by atoms with Crippen molar-refractivity contribution in [1.82, 2.24) is 9.97 Å². The molecule has 4 aromatic rings. The van der Waals surface area contributed by atoms with Gasteiger partial charge in [-0.25, -0.2) is 19.2 Å². The molecule has 9 heteroatoms. The summed E-state index contributed by atoms with van der Waals surface area (Å²) in [5.74, 6) is -2.49. The Hall–Kier alpha value is -3.78. The van der Waals surface area contributed by atoms with E-state index in [1.165, 1.54) is 18.2 Å². The maximum Gasteiger partial charge on any atom is 0.433 e. The fraction of sp³-hybridized carbons (Fsp3) is 0.0417. The summed E-state index contributed by atoms with van der Waals surface area (Å²) in [6.07, 6.45) is -4.70. The van der Waals surface area contributed by atoms with Crippen LogP contribution in [-0.2, 0) is 6.18 Å². The second kappa shape index (κ2) is 8.63.